The number of pyridine rings is 1. The van der Waals surface area contributed by atoms with E-state index < -0.39 is 23.6 Å². The fourth-order valence-corrected chi connectivity index (χ4v) is 10.0. The Bertz CT molecular complexity index is 2100. The lowest BCUT2D eigenvalue weighted by atomic mass is 9.94. The maximum absolute atomic E-state index is 17.6. The maximum Gasteiger partial charge on any atom is 0.319 e. The minimum Gasteiger partial charge on any atom is -0.466 e. The van der Waals surface area contributed by atoms with Crippen LogP contribution >= 0.6 is 11.6 Å². The molecule has 15 heteroatoms. The molecule has 55 heavy (non-hydrogen) atoms. The normalized spacial score (nSPS) is 28.2. The van der Waals surface area contributed by atoms with Crippen LogP contribution in [-0.2, 0) is 14.3 Å². The number of rotatable bonds is 11. The highest BCUT2D eigenvalue weighted by Crippen LogP contribution is 2.56. The summed E-state index contributed by atoms with van der Waals surface area (Å²) in [5.41, 5.74) is 1.71. The monoisotopic (exact) mass is 779 g/mol. The summed E-state index contributed by atoms with van der Waals surface area (Å²) in [6.07, 6.45) is 9.62. The van der Waals surface area contributed by atoms with Crippen LogP contribution in [0.1, 0.15) is 95.3 Å². The van der Waals surface area contributed by atoms with Crippen molar-refractivity contribution in [3.63, 3.8) is 0 Å². The number of anilines is 1. The molecule has 5 fully saturated rings. The standard InChI is InChI=1S/C40H48ClF2N7O5/c1-2-53-32(52)10-9-23-15-26(23)33-29(41)16-30-27(19-45-50(30)31-8-3-4-14-54-31)34(33)37-35(43)36-28(18-44-37)38(48-12-5-7-25(51)21-48)47-39(46-36)55-22-40-11-6-13-49(40)20-24(42)17-40/h16,18-19,23-26,31,51H,2-15,17,20-22H2,1H3/t23-,24-,25-,26+,31-,40+/m1/s1. The average Bonchev–Trinajstić information content (AvgIpc) is 3.46. The summed E-state index contributed by atoms with van der Waals surface area (Å²) in [6.45, 7) is 5.08. The van der Waals surface area contributed by atoms with Gasteiger partial charge in [0, 0.05) is 61.3 Å². The highest BCUT2D eigenvalue weighted by Gasteiger charge is 2.49. The Hall–Kier alpha value is -3.72. The van der Waals surface area contributed by atoms with Gasteiger partial charge in [-0.1, -0.05) is 11.6 Å². The third kappa shape index (κ3) is 6.91. The van der Waals surface area contributed by atoms with E-state index in [2.05, 4.69) is 4.90 Å². The van der Waals surface area contributed by atoms with Crippen LogP contribution in [-0.4, -0.2) is 105 Å². The summed E-state index contributed by atoms with van der Waals surface area (Å²) in [5.74, 6) is -0.317. The number of ether oxygens (including phenoxy) is 3. The second kappa shape index (κ2) is 15.0. The largest absolute Gasteiger partial charge is 0.466 e. The number of esters is 1. The molecule has 0 radical (unpaired) electrons. The van der Waals surface area contributed by atoms with Crippen molar-refractivity contribution in [2.75, 3.05) is 50.9 Å². The van der Waals surface area contributed by atoms with Crippen LogP contribution in [0, 0.1) is 11.7 Å². The number of halogens is 3. The lowest BCUT2D eigenvalue weighted by molar-refractivity contribution is -0.143. The number of fused-ring (bicyclic) bond motifs is 3. The van der Waals surface area contributed by atoms with Crippen molar-refractivity contribution in [3.8, 4) is 17.3 Å². The third-order valence-electron chi connectivity index (χ3n) is 12.4. The number of nitrogens with zero attached hydrogens (tertiary/aromatic N) is 7. The van der Waals surface area contributed by atoms with E-state index in [4.69, 9.17) is 45.9 Å². The van der Waals surface area contributed by atoms with E-state index in [1.54, 1.807) is 19.3 Å². The molecule has 1 N–H and O–H groups in total. The Morgan fingerprint density at radius 2 is 2.02 bits per heavy atom. The molecular weight excluding hydrogens is 732 g/mol. The van der Waals surface area contributed by atoms with Gasteiger partial charge in [0.1, 0.15) is 29.8 Å². The molecule has 0 amide bonds. The zero-order chi connectivity index (χ0) is 37.8. The summed E-state index contributed by atoms with van der Waals surface area (Å²) < 4.78 is 51.7. The molecule has 7 heterocycles. The molecule has 5 aliphatic rings. The van der Waals surface area contributed by atoms with E-state index in [-0.39, 0.29) is 47.9 Å². The summed E-state index contributed by atoms with van der Waals surface area (Å²) in [5, 5.41) is 17.0. The molecule has 9 rings (SSSR count). The average molecular weight is 780 g/mol. The van der Waals surface area contributed by atoms with Gasteiger partial charge in [0.25, 0.3) is 0 Å². The van der Waals surface area contributed by atoms with Crippen LogP contribution in [0.5, 0.6) is 6.01 Å². The number of aromatic nitrogens is 5. The van der Waals surface area contributed by atoms with E-state index in [1.807, 2.05) is 15.6 Å². The van der Waals surface area contributed by atoms with Crippen molar-refractivity contribution in [2.45, 2.75) is 108 Å². The van der Waals surface area contributed by atoms with Gasteiger partial charge in [0.2, 0.25) is 0 Å². The van der Waals surface area contributed by atoms with Gasteiger partial charge in [-0.05, 0) is 94.7 Å². The highest BCUT2D eigenvalue weighted by molar-refractivity contribution is 6.33. The smallest absolute Gasteiger partial charge is 0.319 e. The Kier molecular flexibility index (Phi) is 10.0. The van der Waals surface area contributed by atoms with Gasteiger partial charge in [-0.15, -0.1) is 0 Å². The lowest BCUT2D eigenvalue weighted by Crippen LogP contribution is -2.43. The molecule has 6 atom stereocenters. The highest BCUT2D eigenvalue weighted by atomic mass is 35.5. The van der Waals surface area contributed by atoms with Gasteiger partial charge >= 0.3 is 12.0 Å². The first-order valence-corrected chi connectivity index (χ1v) is 20.4. The van der Waals surface area contributed by atoms with E-state index in [0.29, 0.717) is 85.7 Å². The number of aliphatic hydroxyl groups is 1. The zero-order valence-corrected chi connectivity index (χ0v) is 31.9. The van der Waals surface area contributed by atoms with Crippen molar-refractivity contribution >= 4 is 45.2 Å². The molecule has 4 aliphatic heterocycles. The molecule has 1 aliphatic carbocycles. The minimum atomic E-state index is -0.924. The number of aliphatic hydroxyl groups excluding tert-OH is 1. The van der Waals surface area contributed by atoms with E-state index >= 15 is 4.39 Å². The predicted molar refractivity (Wildman–Crippen MR) is 203 cm³/mol. The number of carbonyl (C=O) groups excluding carboxylic acids is 1. The molecule has 12 nitrogen and oxygen atoms in total. The number of benzene rings is 1. The molecule has 4 saturated heterocycles. The van der Waals surface area contributed by atoms with E-state index in [9.17, 15) is 14.3 Å². The predicted octanol–water partition coefficient (Wildman–Crippen LogP) is 6.90. The van der Waals surface area contributed by atoms with Crippen LogP contribution in [0.15, 0.2) is 18.5 Å². The van der Waals surface area contributed by atoms with Gasteiger partial charge in [0.15, 0.2) is 12.0 Å². The van der Waals surface area contributed by atoms with Gasteiger partial charge in [-0.25, -0.2) is 13.5 Å². The van der Waals surface area contributed by atoms with Gasteiger partial charge < -0.3 is 24.2 Å². The first-order chi connectivity index (χ1) is 26.7. The number of hydrogen-bond acceptors (Lipinski definition) is 11. The fraction of sp³-hybridized carbons (Fsp3) is 0.625. The second-order valence-electron chi connectivity index (χ2n) is 16.1. The summed E-state index contributed by atoms with van der Waals surface area (Å²) in [6, 6.07) is 1.90. The van der Waals surface area contributed by atoms with Crippen LogP contribution in [0.2, 0.25) is 5.02 Å². The van der Waals surface area contributed by atoms with Crippen LogP contribution in [0.4, 0.5) is 14.6 Å². The van der Waals surface area contributed by atoms with Gasteiger partial charge in [-0.3, -0.25) is 14.7 Å². The quantitative estimate of drug-likeness (QED) is 0.160. The molecular formula is C40H48ClF2N7O5. The summed E-state index contributed by atoms with van der Waals surface area (Å²) in [4.78, 5) is 30.7. The maximum atomic E-state index is 17.6. The molecule has 0 spiro atoms. The van der Waals surface area contributed by atoms with Crippen LogP contribution < -0.4 is 9.64 Å². The van der Waals surface area contributed by atoms with Crippen molar-refractivity contribution < 1.29 is 32.9 Å². The van der Waals surface area contributed by atoms with Crippen LogP contribution in [0.25, 0.3) is 33.1 Å². The molecule has 0 bridgehead atoms. The number of β-amino-alcohol motifs (C(OH)–C–C–N with tert-alkyl or cyclic N) is 1. The molecule has 294 valence electrons. The van der Waals surface area contributed by atoms with Gasteiger partial charge in [-0.2, -0.15) is 15.1 Å². The number of carbonyl (C=O) groups is 1. The molecule has 1 saturated carbocycles. The first kappa shape index (κ1) is 36.9. The molecule has 3 aromatic heterocycles. The van der Waals surface area contributed by atoms with Crippen molar-refractivity contribution in [3.05, 3.63) is 34.9 Å². The van der Waals surface area contributed by atoms with Crippen LogP contribution in [0.3, 0.4) is 0 Å². The van der Waals surface area contributed by atoms with Gasteiger partial charge in [0.05, 0.1) is 35.3 Å². The van der Waals surface area contributed by atoms with Crippen molar-refractivity contribution in [1.29, 1.82) is 0 Å². The molecule has 4 aromatic rings. The zero-order valence-electron chi connectivity index (χ0n) is 31.2. The van der Waals surface area contributed by atoms with E-state index in [0.717, 1.165) is 62.6 Å². The van der Waals surface area contributed by atoms with Crippen molar-refractivity contribution in [2.24, 2.45) is 5.92 Å². The lowest BCUT2D eigenvalue weighted by Gasteiger charge is -2.32. The first-order valence-electron chi connectivity index (χ1n) is 20.0. The Balaban J connectivity index is 1.16. The van der Waals surface area contributed by atoms with Crippen molar-refractivity contribution in [1.82, 2.24) is 29.6 Å². The Morgan fingerprint density at radius 1 is 1.13 bits per heavy atom. The minimum absolute atomic E-state index is 0.00194. The number of piperidine rings is 1. The Labute approximate surface area is 323 Å². The topological polar surface area (TPSA) is 128 Å². The second-order valence-corrected chi connectivity index (χ2v) is 16.5. The fourth-order valence-electron chi connectivity index (χ4n) is 9.69. The number of hydrogen-bond donors (Lipinski definition) is 1. The number of alkyl halides is 1. The Morgan fingerprint density at radius 3 is 2.84 bits per heavy atom. The molecule has 1 aromatic carbocycles. The summed E-state index contributed by atoms with van der Waals surface area (Å²) >= 11 is 7.20. The molecule has 0 unspecified atom stereocenters. The third-order valence-corrected chi connectivity index (χ3v) is 12.8. The SMILES string of the molecule is CCOC(=O)CC[C@@H]1C[C@@H]1c1c(Cl)cc2c(cnn2[C@H]2CCCCO2)c1-c1ncc2c(N3CCC[C@@H](O)C3)nc(OC[C@@]34CCCN3C[C@H](F)C4)nc2c1F. The van der Waals surface area contributed by atoms with E-state index in [1.165, 1.54) is 0 Å². The summed E-state index contributed by atoms with van der Waals surface area (Å²) in [7, 11) is 0.